The van der Waals surface area contributed by atoms with Gasteiger partial charge in [0.15, 0.2) is 5.78 Å². The van der Waals surface area contributed by atoms with Gasteiger partial charge in [-0.25, -0.2) is 4.98 Å². The van der Waals surface area contributed by atoms with E-state index in [2.05, 4.69) is 20.9 Å². The third-order valence-electron chi connectivity index (χ3n) is 2.53. The summed E-state index contributed by atoms with van der Waals surface area (Å²) in [6.45, 7) is 5.35. The van der Waals surface area contributed by atoms with Crippen molar-refractivity contribution in [2.75, 3.05) is 0 Å². The Kier molecular flexibility index (Phi) is 3.92. The minimum absolute atomic E-state index is 0.0428. The fourth-order valence-corrected chi connectivity index (χ4v) is 3.11. The molecule has 2 rings (SSSR count). The van der Waals surface area contributed by atoms with Gasteiger partial charge in [-0.1, -0.05) is 15.9 Å². The van der Waals surface area contributed by atoms with Gasteiger partial charge in [-0.2, -0.15) is 0 Å². The van der Waals surface area contributed by atoms with Crippen LogP contribution in [0, 0.1) is 13.8 Å². The zero-order chi connectivity index (χ0) is 13.3. The summed E-state index contributed by atoms with van der Waals surface area (Å²) in [4.78, 5) is 16.6. The maximum atomic E-state index is 11.3. The van der Waals surface area contributed by atoms with E-state index >= 15 is 0 Å². The summed E-state index contributed by atoms with van der Waals surface area (Å²) in [5, 5.41) is 0.618. The molecule has 2 aromatic rings. The van der Waals surface area contributed by atoms with Crippen molar-refractivity contribution in [1.82, 2.24) is 4.98 Å². The molecule has 0 bridgehead atoms. The van der Waals surface area contributed by atoms with Crippen LogP contribution < -0.4 is 0 Å². The highest BCUT2D eigenvalue weighted by atomic mass is 79.9. The zero-order valence-electron chi connectivity index (χ0n) is 10.3. The lowest BCUT2D eigenvalue weighted by molar-refractivity contribution is 0.101. The molecule has 0 aliphatic rings. The van der Waals surface area contributed by atoms with Crippen LogP contribution in [0.3, 0.4) is 0 Å². The summed E-state index contributed by atoms with van der Waals surface area (Å²) in [5.41, 5.74) is 1.58. The first kappa shape index (κ1) is 13.4. The van der Waals surface area contributed by atoms with Crippen LogP contribution in [0.4, 0.5) is 0 Å². The Bertz CT molecular complexity index is 588. The first-order valence-corrected chi connectivity index (χ1v) is 7.00. The molecule has 0 N–H and O–H groups in total. The van der Waals surface area contributed by atoms with Crippen molar-refractivity contribution in [1.29, 1.82) is 0 Å². The van der Waals surface area contributed by atoms with Gasteiger partial charge in [0.05, 0.1) is 5.69 Å². The lowest BCUT2D eigenvalue weighted by atomic mass is 10.2. The second-order valence-corrected chi connectivity index (χ2v) is 5.80. The summed E-state index contributed by atoms with van der Waals surface area (Å²) < 4.78 is 6.30. The molecular formula is C13H12BrNO2S. The van der Waals surface area contributed by atoms with Gasteiger partial charge in [0.2, 0.25) is 0 Å². The Morgan fingerprint density at radius 3 is 2.61 bits per heavy atom. The number of rotatable bonds is 3. The number of Topliss-reactive ketones (excluding diaryl/α,β-unsaturated/α-hetero) is 1. The number of hydrogen-bond donors (Lipinski definition) is 0. The third-order valence-corrected chi connectivity index (χ3v) is 4.03. The molecule has 0 saturated carbocycles. The average Bonchev–Trinajstić information content (AvgIpc) is 2.57. The molecule has 94 valence electrons. The molecule has 0 radical (unpaired) electrons. The minimum Gasteiger partial charge on any atom is -0.436 e. The van der Waals surface area contributed by atoms with Crippen LogP contribution in [0.2, 0.25) is 0 Å². The number of oxazole rings is 1. The molecule has 1 aromatic carbocycles. The number of carbonyl (C=O) groups is 1. The van der Waals surface area contributed by atoms with Gasteiger partial charge >= 0.3 is 0 Å². The van der Waals surface area contributed by atoms with Crippen molar-refractivity contribution < 1.29 is 9.21 Å². The van der Waals surface area contributed by atoms with Gasteiger partial charge < -0.3 is 4.42 Å². The number of nitrogens with zero attached hydrogens (tertiary/aromatic N) is 1. The lowest BCUT2D eigenvalue weighted by Gasteiger charge is -2.02. The Morgan fingerprint density at radius 1 is 1.39 bits per heavy atom. The fourth-order valence-electron chi connectivity index (χ4n) is 1.43. The molecule has 1 heterocycles. The Hall–Kier alpha value is -1.07. The largest absolute Gasteiger partial charge is 0.436 e. The van der Waals surface area contributed by atoms with Crippen LogP contribution in [0.1, 0.15) is 28.7 Å². The van der Waals surface area contributed by atoms with E-state index in [1.807, 2.05) is 26.0 Å². The molecule has 0 unspecified atom stereocenters. The second-order valence-electron chi connectivity index (χ2n) is 3.92. The highest BCUT2D eigenvalue weighted by molar-refractivity contribution is 9.10. The van der Waals surface area contributed by atoms with E-state index in [0.29, 0.717) is 10.8 Å². The molecule has 0 amide bonds. The van der Waals surface area contributed by atoms with E-state index in [9.17, 15) is 4.79 Å². The number of ketones is 1. The van der Waals surface area contributed by atoms with Crippen molar-refractivity contribution in [2.45, 2.75) is 30.9 Å². The molecule has 0 spiro atoms. The number of carbonyl (C=O) groups excluding carboxylic acids is 1. The topological polar surface area (TPSA) is 43.1 Å². The maximum Gasteiger partial charge on any atom is 0.260 e. The Morgan fingerprint density at radius 2 is 2.11 bits per heavy atom. The SMILES string of the molecule is CC(=O)c1ccc(Sc2nc(C)c(C)o2)cc1Br. The van der Waals surface area contributed by atoms with Gasteiger partial charge in [0.1, 0.15) is 5.76 Å². The molecule has 1 aromatic heterocycles. The highest BCUT2D eigenvalue weighted by Gasteiger charge is 2.10. The van der Waals surface area contributed by atoms with Crippen molar-refractivity contribution in [2.24, 2.45) is 0 Å². The van der Waals surface area contributed by atoms with E-state index in [0.717, 1.165) is 20.8 Å². The number of aromatic nitrogens is 1. The van der Waals surface area contributed by atoms with Crippen molar-refractivity contribution in [3.8, 4) is 0 Å². The van der Waals surface area contributed by atoms with Gasteiger partial charge in [-0.3, -0.25) is 4.79 Å². The first-order chi connectivity index (χ1) is 8.47. The predicted octanol–water partition coefficient (Wildman–Crippen LogP) is 4.41. The van der Waals surface area contributed by atoms with Gasteiger partial charge in [-0.15, -0.1) is 0 Å². The van der Waals surface area contributed by atoms with Crippen molar-refractivity contribution in [3.05, 3.63) is 39.7 Å². The van der Waals surface area contributed by atoms with Gasteiger partial charge in [0.25, 0.3) is 5.22 Å². The van der Waals surface area contributed by atoms with E-state index in [4.69, 9.17) is 4.42 Å². The first-order valence-electron chi connectivity index (χ1n) is 5.39. The van der Waals surface area contributed by atoms with Crippen LogP contribution in [-0.4, -0.2) is 10.8 Å². The molecule has 3 nitrogen and oxygen atoms in total. The number of hydrogen-bond acceptors (Lipinski definition) is 4. The van der Waals surface area contributed by atoms with Crippen LogP contribution in [0.15, 0.2) is 37.2 Å². The summed E-state index contributed by atoms with van der Waals surface area (Å²) >= 11 is 4.83. The molecule has 0 fully saturated rings. The summed E-state index contributed by atoms with van der Waals surface area (Å²) in [7, 11) is 0. The molecular weight excluding hydrogens is 314 g/mol. The third kappa shape index (κ3) is 2.84. The summed E-state index contributed by atoms with van der Waals surface area (Å²) in [6.07, 6.45) is 0. The van der Waals surface area contributed by atoms with Crippen LogP contribution in [0.25, 0.3) is 0 Å². The predicted molar refractivity (Wildman–Crippen MR) is 74.2 cm³/mol. The average molecular weight is 326 g/mol. The number of benzene rings is 1. The number of halogens is 1. The van der Waals surface area contributed by atoms with Crippen molar-refractivity contribution in [3.63, 3.8) is 0 Å². The Balaban J connectivity index is 2.25. The molecule has 0 aliphatic carbocycles. The van der Waals surface area contributed by atoms with Crippen molar-refractivity contribution >= 4 is 33.5 Å². The lowest BCUT2D eigenvalue weighted by Crippen LogP contribution is -1.93. The van der Waals surface area contributed by atoms with Gasteiger partial charge in [0, 0.05) is 14.9 Å². The van der Waals surface area contributed by atoms with Gasteiger partial charge in [-0.05, 0) is 50.7 Å². The van der Waals surface area contributed by atoms with E-state index in [-0.39, 0.29) is 5.78 Å². The zero-order valence-corrected chi connectivity index (χ0v) is 12.7. The standard InChI is InChI=1S/C13H12BrNO2S/c1-7-9(3)17-13(15-7)18-10-4-5-11(8(2)16)12(14)6-10/h4-6H,1-3H3. The van der Waals surface area contributed by atoms with Crippen LogP contribution >= 0.6 is 27.7 Å². The summed E-state index contributed by atoms with van der Waals surface area (Å²) in [5.74, 6) is 0.873. The second kappa shape index (κ2) is 5.28. The highest BCUT2D eigenvalue weighted by Crippen LogP contribution is 2.31. The van der Waals surface area contributed by atoms with Crippen LogP contribution in [-0.2, 0) is 0 Å². The minimum atomic E-state index is 0.0428. The quantitative estimate of drug-likeness (QED) is 0.784. The molecule has 18 heavy (non-hydrogen) atoms. The number of aryl methyl sites for hydroxylation is 2. The molecule has 5 heteroatoms. The molecule has 0 atom stereocenters. The molecule has 0 saturated heterocycles. The van der Waals surface area contributed by atoms with E-state index < -0.39 is 0 Å². The molecule has 0 aliphatic heterocycles. The fraction of sp³-hybridized carbons (Fsp3) is 0.231. The normalized spacial score (nSPS) is 10.7. The van der Waals surface area contributed by atoms with E-state index in [1.165, 1.54) is 11.8 Å². The summed E-state index contributed by atoms with van der Waals surface area (Å²) in [6, 6.07) is 5.59. The maximum absolute atomic E-state index is 11.3. The Labute approximate surface area is 118 Å². The smallest absolute Gasteiger partial charge is 0.260 e. The monoisotopic (exact) mass is 325 g/mol. The van der Waals surface area contributed by atoms with Crippen LogP contribution in [0.5, 0.6) is 0 Å². The van der Waals surface area contributed by atoms with E-state index in [1.54, 1.807) is 13.0 Å².